The molecule has 9 heteroatoms. The lowest BCUT2D eigenvalue weighted by Crippen LogP contribution is -2.33. The number of halogens is 1. The standard InChI is InChI=1S/C18H16FN3O4S/c1-11(18-20-13-5-3-4-6-16(13)27-18)21(2)17(23)10-26-15-9-12(19)7-8-14(15)22(24)25/h3-9,11H,10H2,1-2H3/t11-/m0/s1. The zero-order valence-corrected chi connectivity index (χ0v) is 15.4. The fourth-order valence-electron chi connectivity index (χ4n) is 2.45. The number of nitro groups is 1. The van der Waals surface area contributed by atoms with Gasteiger partial charge < -0.3 is 9.64 Å². The predicted octanol–water partition coefficient (Wildman–Crippen LogP) is 3.94. The van der Waals surface area contributed by atoms with Crippen molar-refractivity contribution in [3.8, 4) is 5.75 Å². The zero-order chi connectivity index (χ0) is 19.6. The summed E-state index contributed by atoms with van der Waals surface area (Å²) in [6, 6.07) is 10.2. The summed E-state index contributed by atoms with van der Waals surface area (Å²) in [6.07, 6.45) is 0. The van der Waals surface area contributed by atoms with Crippen LogP contribution in [0.2, 0.25) is 0 Å². The second kappa shape index (κ2) is 7.67. The van der Waals surface area contributed by atoms with Crippen LogP contribution < -0.4 is 4.74 Å². The van der Waals surface area contributed by atoms with Crippen molar-refractivity contribution in [2.24, 2.45) is 0 Å². The number of aromatic nitrogens is 1. The molecular formula is C18H16FN3O4S. The van der Waals surface area contributed by atoms with Crippen molar-refractivity contribution < 1.29 is 18.8 Å². The Bertz CT molecular complexity index is 974. The van der Waals surface area contributed by atoms with E-state index in [2.05, 4.69) is 4.98 Å². The van der Waals surface area contributed by atoms with Gasteiger partial charge in [0.2, 0.25) is 5.75 Å². The molecule has 0 aliphatic carbocycles. The normalized spacial score (nSPS) is 12.0. The lowest BCUT2D eigenvalue weighted by molar-refractivity contribution is -0.385. The van der Waals surface area contributed by atoms with Crippen LogP contribution in [0, 0.1) is 15.9 Å². The van der Waals surface area contributed by atoms with Gasteiger partial charge in [-0.1, -0.05) is 12.1 Å². The van der Waals surface area contributed by atoms with E-state index in [9.17, 15) is 19.3 Å². The second-order valence-electron chi connectivity index (χ2n) is 5.86. The number of nitro benzene ring substituents is 1. The summed E-state index contributed by atoms with van der Waals surface area (Å²) in [6.45, 7) is 1.39. The Kier molecular flexibility index (Phi) is 5.31. The number of amides is 1. The number of rotatable bonds is 6. The molecule has 7 nitrogen and oxygen atoms in total. The Morgan fingerprint density at radius 3 is 2.81 bits per heavy atom. The first-order chi connectivity index (χ1) is 12.9. The Morgan fingerprint density at radius 2 is 2.11 bits per heavy atom. The molecule has 140 valence electrons. The lowest BCUT2D eigenvalue weighted by Gasteiger charge is -2.23. The van der Waals surface area contributed by atoms with Gasteiger partial charge in [-0.15, -0.1) is 11.3 Å². The number of hydrogen-bond acceptors (Lipinski definition) is 6. The van der Waals surface area contributed by atoms with Crippen molar-refractivity contribution in [1.82, 2.24) is 9.88 Å². The average molecular weight is 389 g/mol. The van der Waals surface area contributed by atoms with E-state index in [0.717, 1.165) is 33.4 Å². The Morgan fingerprint density at radius 1 is 1.37 bits per heavy atom. The minimum atomic E-state index is -0.688. The number of likely N-dealkylation sites (N-methyl/N-ethyl adjacent to an activating group) is 1. The maximum absolute atomic E-state index is 13.3. The average Bonchev–Trinajstić information content (AvgIpc) is 3.08. The van der Waals surface area contributed by atoms with Crippen LogP contribution in [0.4, 0.5) is 10.1 Å². The van der Waals surface area contributed by atoms with E-state index in [1.807, 2.05) is 31.2 Å². The minimum absolute atomic E-state index is 0.283. The molecule has 3 aromatic rings. The SMILES string of the molecule is C[C@@H](c1nc2ccccc2s1)N(C)C(=O)COc1cc(F)ccc1[N+](=O)[O-]. The van der Waals surface area contributed by atoms with Crippen molar-refractivity contribution in [3.05, 3.63) is 63.4 Å². The number of nitrogens with zero attached hydrogens (tertiary/aromatic N) is 3. The Labute approximate surface area is 158 Å². The maximum atomic E-state index is 13.3. The Hall–Kier alpha value is -3.07. The van der Waals surface area contributed by atoms with Crippen LogP contribution in [0.3, 0.4) is 0 Å². The summed E-state index contributed by atoms with van der Waals surface area (Å²) in [4.78, 5) is 28.7. The van der Waals surface area contributed by atoms with Crippen LogP contribution in [0.1, 0.15) is 18.0 Å². The van der Waals surface area contributed by atoms with Crippen LogP contribution in [-0.2, 0) is 4.79 Å². The molecule has 0 aliphatic heterocycles. The molecule has 0 fully saturated rings. The first kappa shape index (κ1) is 18.7. The Balaban J connectivity index is 1.70. The number of carbonyl (C=O) groups excluding carboxylic acids is 1. The molecule has 0 spiro atoms. The summed E-state index contributed by atoms with van der Waals surface area (Å²) < 4.78 is 19.6. The van der Waals surface area contributed by atoms with Gasteiger partial charge in [0.15, 0.2) is 6.61 Å². The molecule has 0 radical (unpaired) electrons. The highest BCUT2D eigenvalue weighted by molar-refractivity contribution is 7.18. The fraction of sp³-hybridized carbons (Fsp3) is 0.222. The van der Waals surface area contributed by atoms with Gasteiger partial charge in [0.05, 0.1) is 21.2 Å². The van der Waals surface area contributed by atoms with E-state index in [1.165, 1.54) is 16.2 Å². The molecule has 1 atom stereocenters. The van der Waals surface area contributed by atoms with E-state index in [-0.39, 0.29) is 11.8 Å². The molecule has 0 bridgehead atoms. The van der Waals surface area contributed by atoms with Crippen molar-refractivity contribution in [2.75, 3.05) is 13.7 Å². The highest BCUT2D eigenvalue weighted by Crippen LogP contribution is 2.30. The zero-order valence-electron chi connectivity index (χ0n) is 14.6. The lowest BCUT2D eigenvalue weighted by atomic mass is 10.3. The number of ether oxygens (including phenoxy) is 1. The largest absolute Gasteiger partial charge is 0.477 e. The van der Waals surface area contributed by atoms with Crippen LogP contribution in [0.25, 0.3) is 10.2 Å². The molecule has 1 heterocycles. The molecule has 0 saturated carbocycles. The number of para-hydroxylation sites is 1. The van der Waals surface area contributed by atoms with E-state index in [1.54, 1.807) is 7.05 Å². The van der Waals surface area contributed by atoms with Crippen LogP contribution >= 0.6 is 11.3 Å². The van der Waals surface area contributed by atoms with Crippen molar-refractivity contribution in [3.63, 3.8) is 0 Å². The van der Waals surface area contributed by atoms with Gasteiger partial charge in [0.25, 0.3) is 5.91 Å². The monoisotopic (exact) mass is 389 g/mol. The highest BCUT2D eigenvalue weighted by atomic mass is 32.1. The molecule has 0 N–H and O–H groups in total. The number of carbonyl (C=O) groups is 1. The molecule has 1 amide bonds. The predicted molar refractivity (Wildman–Crippen MR) is 99.4 cm³/mol. The third-order valence-electron chi connectivity index (χ3n) is 4.11. The van der Waals surface area contributed by atoms with E-state index in [0.29, 0.717) is 0 Å². The topological polar surface area (TPSA) is 85.6 Å². The van der Waals surface area contributed by atoms with Crippen molar-refractivity contribution >= 4 is 33.1 Å². The molecule has 0 unspecified atom stereocenters. The molecule has 0 saturated heterocycles. The number of fused-ring (bicyclic) bond motifs is 1. The fourth-order valence-corrected chi connectivity index (χ4v) is 3.51. The van der Waals surface area contributed by atoms with E-state index < -0.39 is 28.9 Å². The summed E-state index contributed by atoms with van der Waals surface area (Å²) in [7, 11) is 1.60. The van der Waals surface area contributed by atoms with Gasteiger partial charge >= 0.3 is 5.69 Å². The first-order valence-corrected chi connectivity index (χ1v) is 8.86. The third kappa shape index (κ3) is 4.03. The highest BCUT2D eigenvalue weighted by Gasteiger charge is 2.23. The molecule has 0 aliphatic rings. The quantitative estimate of drug-likeness (QED) is 0.471. The summed E-state index contributed by atoms with van der Waals surface area (Å²) in [5.74, 6) is -1.37. The molecule has 27 heavy (non-hydrogen) atoms. The van der Waals surface area contributed by atoms with Crippen molar-refractivity contribution in [2.45, 2.75) is 13.0 Å². The molecule has 1 aromatic heterocycles. The van der Waals surface area contributed by atoms with Gasteiger partial charge in [-0.3, -0.25) is 14.9 Å². The number of benzene rings is 2. The van der Waals surface area contributed by atoms with Gasteiger partial charge in [0.1, 0.15) is 10.8 Å². The number of hydrogen-bond donors (Lipinski definition) is 0. The van der Waals surface area contributed by atoms with Crippen LogP contribution in [0.5, 0.6) is 5.75 Å². The van der Waals surface area contributed by atoms with E-state index in [4.69, 9.17) is 4.74 Å². The summed E-state index contributed by atoms with van der Waals surface area (Å²) in [5, 5.41) is 11.8. The molecular weight excluding hydrogens is 373 g/mol. The minimum Gasteiger partial charge on any atom is -0.477 e. The molecule has 2 aromatic carbocycles. The smallest absolute Gasteiger partial charge is 0.311 e. The van der Waals surface area contributed by atoms with Crippen molar-refractivity contribution in [1.29, 1.82) is 0 Å². The second-order valence-corrected chi connectivity index (χ2v) is 6.92. The summed E-state index contributed by atoms with van der Waals surface area (Å²) in [5.41, 5.74) is 0.461. The van der Waals surface area contributed by atoms with Gasteiger partial charge in [-0.05, 0) is 25.1 Å². The maximum Gasteiger partial charge on any atom is 0.311 e. The van der Waals surface area contributed by atoms with Gasteiger partial charge in [-0.25, -0.2) is 9.37 Å². The van der Waals surface area contributed by atoms with Crippen LogP contribution in [0.15, 0.2) is 42.5 Å². The third-order valence-corrected chi connectivity index (χ3v) is 5.32. The number of thiazole rings is 1. The van der Waals surface area contributed by atoms with Crippen LogP contribution in [-0.4, -0.2) is 34.4 Å². The van der Waals surface area contributed by atoms with E-state index >= 15 is 0 Å². The van der Waals surface area contributed by atoms with Gasteiger partial charge in [0, 0.05) is 19.2 Å². The molecule has 3 rings (SSSR count). The van der Waals surface area contributed by atoms with Gasteiger partial charge in [-0.2, -0.15) is 0 Å². The first-order valence-electron chi connectivity index (χ1n) is 8.04. The summed E-state index contributed by atoms with van der Waals surface area (Å²) >= 11 is 1.49.